The van der Waals surface area contributed by atoms with Crippen molar-refractivity contribution in [3.63, 3.8) is 0 Å². The average molecular weight is 128 g/mol. The Morgan fingerprint density at radius 1 is 1.11 bits per heavy atom. The summed E-state index contributed by atoms with van der Waals surface area (Å²) in [5.41, 5.74) is 0. The highest BCUT2D eigenvalue weighted by Crippen LogP contribution is 2.36. The molecule has 0 radical (unpaired) electrons. The Morgan fingerprint density at radius 2 is 1.67 bits per heavy atom. The Kier molecular flexibility index (Phi) is 1.24. The van der Waals surface area contributed by atoms with Crippen molar-refractivity contribution in [2.75, 3.05) is 13.2 Å². The molecule has 2 nitrogen and oxygen atoms in total. The van der Waals surface area contributed by atoms with Crippen molar-refractivity contribution in [3.05, 3.63) is 0 Å². The fourth-order valence-corrected chi connectivity index (χ4v) is 1.96. The van der Waals surface area contributed by atoms with Gasteiger partial charge >= 0.3 is 0 Å². The van der Waals surface area contributed by atoms with Crippen LogP contribution >= 0.6 is 0 Å². The van der Waals surface area contributed by atoms with Gasteiger partial charge in [0.2, 0.25) is 0 Å². The molecule has 0 aromatic heterocycles. The van der Waals surface area contributed by atoms with Gasteiger partial charge in [-0.25, -0.2) is 0 Å². The maximum atomic E-state index is 9.18. The predicted molar refractivity (Wildman–Crippen MR) is 33.0 cm³/mol. The van der Waals surface area contributed by atoms with E-state index in [0.717, 1.165) is 26.1 Å². The normalized spacial score (nSPS) is 49.7. The van der Waals surface area contributed by atoms with Gasteiger partial charge in [0.1, 0.15) is 0 Å². The van der Waals surface area contributed by atoms with E-state index in [1.54, 1.807) is 0 Å². The topological polar surface area (TPSA) is 29.5 Å². The van der Waals surface area contributed by atoms with E-state index in [2.05, 4.69) is 0 Å². The Labute approximate surface area is 54.8 Å². The molecular weight excluding hydrogens is 116 g/mol. The van der Waals surface area contributed by atoms with Gasteiger partial charge < -0.3 is 9.84 Å². The molecule has 1 aliphatic carbocycles. The summed E-state index contributed by atoms with van der Waals surface area (Å²) in [5.74, 6) is 1.36. The van der Waals surface area contributed by atoms with Gasteiger partial charge in [0.25, 0.3) is 0 Å². The lowest BCUT2D eigenvalue weighted by Gasteiger charge is -2.00. The first kappa shape index (κ1) is 5.69. The molecule has 1 heterocycles. The molecule has 0 aromatic carbocycles. The van der Waals surface area contributed by atoms with Crippen LogP contribution in [0.25, 0.3) is 0 Å². The van der Waals surface area contributed by atoms with Crippen molar-refractivity contribution in [3.8, 4) is 0 Å². The summed E-state index contributed by atoms with van der Waals surface area (Å²) >= 11 is 0. The number of aliphatic hydroxyl groups excluding tert-OH is 1. The van der Waals surface area contributed by atoms with Gasteiger partial charge in [-0.05, 0) is 24.7 Å². The molecule has 1 aliphatic heterocycles. The van der Waals surface area contributed by atoms with Crippen molar-refractivity contribution >= 4 is 0 Å². The van der Waals surface area contributed by atoms with Crippen LogP contribution in [0, 0.1) is 11.8 Å². The lowest BCUT2D eigenvalue weighted by Crippen LogP contribution is -2.02. The molecule has 1 N–H and O–H groups in total. The van der Waals surface area contributed by atoms with Gasteiger partial charge in [0, 0.05) is 13.2 Å². The van der Waals surface area contributed by atoms with E-state index in [1.807, 2.05) is 0 Å². The summed E-state index contributed by atoms with van der Waals surface area (Å²) in [5, 5.41) is 9.18. The van der Waals surface area contributed by atoms with Crippen molar-refractivity contribution in [1.29, 1.82) is 0 Å². The number of fused-ring (bicyclic) bond motifs is 1. The highest BCUT2D eigenvalue weighted by Gasteiger charge is 2.37. The van der Waals surface area contributed by atoms with Crippen molar-refractivity contribution in [2.24, 2.45) is 11.8 Å². The van der Waals surface area contributed by atoms with Gasteiger partial charge in [-0.3, -0.25) is 0 Å². The van der Waals surface area contributed by atoms with Gasteiger partial charge in [0.05, 0.1) is 6.10 Å². The quantitative estimate of drug-likeness (QED) is 0.512. The van der Waals surface area contributed by atoms with E-state index >= 15 is 0 Å². The molecule has 2 heteroatoms. The zero-order valence-electron chi connectivity index (χ0n) is 5.42. The number of hydrogen-bond donors (Lipinski definition) is 1. The van der Waals surface area contributed by atoms with Gasteiger partial charge in [-0.1, -0.05) is 0 Å². The van der Waals surface area contributed by atoms with Crippen LogP contribution < -0.4 is 0 Å². The summed E-state index contributed by atoms with van der Waals surface area (Å²) in [6, 6.07) is 0. The minimum absolute atomic E-state index is 0.0242. The average Bonchev–Trinajstić information content (AvgIpc) is 2.22. The molecule has 3 atom stereocenters. The molecule has 0 bridgehead atoms. The number of hydrogen-bond acceptors (Lipinski definition) is 2. The predicted octanol–water partition coefficient (Wildman–Crippen LogP) is 0.404. The molecule has 2 aliphatic rings. The minimum atomic E-state index is -0.0242. The lowest BCUT2D eigenvalue weighted by atomic mass is 10.0. The first-order valence-electron chi connectivity index (χ1n) is 3.62. The van der Waals surface area contributed by atoms with E-state index in [9.17, 15) is 5.11 Å². The summed E-state index contributed by atoms with van der Waals surface area (Å²) in [6.07, 6.45) is 1.93. The smallest absolute Gasteiger partial charge is 0.0547 e. The molecule has 0 aromatic rings. The first-order chi connectivity index (χ1) is 4.36. The highest BCUT2D eigenvalue weighted by molar-refractivity contribution is 4.86. The molecule has 52 valence electrons. The van der Waals surface area contributed by atoms with E-state index in [1.165, 1.54) is 0 Å². The Hall–Kier alpha value is -0.0800. The van der Waals surface area contributed by atoms with E-state index < -0.39 is 0 Å². The molecular formula is C7H12O2. The van der Waals surface area contributed by atoms with Gasteiger partial charge in [0.15, 0.2) is 0 Å². The molecule has 0 unspecified atom stereocenters. The van der Waals surface area contributed by atoms with E-state index in [-0.39, 0.29) is 6.10 Å². The van der Waals surface area contributed by atoms with Crippen LogP contribution in [0.15, 0.2) is 0 Å². The van der Waals surface area contributed by atoms with Gasteiger partial charge in [-0.2, -0.15) is 0 Å². The third-order valence-electron chi connectivity index (χ3n) is 2.48. The second-order valence-corrected chi connectivity index (χ2v) is 3.18. The maximum Gasteiger partial charge on any atom is 0.0547 e. The summed E-state index contributed by atoms with van der Waals surface area (Å²) in [4.78, 5) is 0. The Bertz CT molecular complexity index is 101. The van der Waals surface area contributed by atoms with Crippen LogP contribution in [0.4, 0.5) is 0 Å². The second kappa shape index (κ2) is 1.96. The summed E-state index contributed by atoms with van der Waals surface area (Å²) < 4.78 is 5.25. The molecule has 0 amide bonds. The molecule has 1 saturated carbocycles. The van der Waals surface area contributed by atoms with Crippen molar-refractivity contribution in [1.82, 2.24) is 0 Å². The van der Waals surface area contributed by atoms with Crippen LogP contribution in [0.3, 0.4) is 0 Å². The molecule has 2 rings (SSSR count). The van der Waals surface area contributed by atoms with Crippen molar-refractivity contribution in [2.45, 2.75) is 18.9 Å². The summed E-state index contributed by atoms with van der Waals surface area (Å²) in [7, 11) is 0. The van der Waals surface area contributed by atoms with Crippen LogP contribution in [0.1, 0.15) is 12.8 Å². The maximum absolute atomic E-state index is 9.18. The number of ether oxygens (including phenoxy) is 1. The standard InChI is InChI=1S/C7H12O2/c8-7-1-5-3-9-4-6(5)2-7/h5-8H,1-4H2/t5-,6+,7-. The molecule has 9 heavy (non-hydrogen) atoms. The largest absolute Gasteiger partial charge is 0.393 e. The number of rotatable bonds is 0. The SMILES string of the molecule is O[C@H]1C[C@H]2COC[C@H]2C1. The number of aliphatic hydroxyl groups is 1. The van der Waals surface area contributed by atoms with E-state index in [4.69, 9.17) is 4.74 Å². The fraction of sp³-hybridized carbons (Fsp3) is 1.00. The summed E-state index contributed by atoms with van der Waals surface area (Å²) in [6.45, 7) is 1.78. The first-order valence-corrected chi connectivity index (χ1v) is 3.62. The minimum Gasteiger partial charge on any atom is -0.393 e. The second-order valence-electron chi connectivity index (χ2n) is 3.18. The van der Waals surface area contributed by atoms with Gasteiger partial charge in [-0.15, -0.1) is 0 Å². The lowest BCUT2D eigenvalue weighted by molar-refractivity contribution is 0.125. The third-order valence-corrected chi connectivity index (χ3v) is 2.48. The fourth-order valence-electron chi connectivity index (χ4n) is 1.96. The molecule has 2 fully saturated rings. The Morgan fingerprint density at radius 3 is 2.22 bits per heavy atom. The van der Waals surface area contributed by atoms with Crippen molar-refractivity contribution < 1.29 is 9.84 Å². The molecule has 0 spiro atoms. The Balaban J connectivity index is 2.02. The highest BCUT2D eigenvalue weighted by atomic mass is 16.5. The zero-order valence-corrected chi connectivity index (χ0v) is 5.42. The van der Waals surface area contributed by atoms with Crippen LogP contribution in [-0.4, -0.2) is 24.4 Å². The van der Waals surface area contributed by atoms with Crippen LogP contribution in [0.2, 0.25) is 0 Å². The zero-order chi connectivity index (χ0) is 6.27. The third kappa shape index (κ3) is 0.864. The van der Waals surface area contributed by atoms with Crippen LogP contribution in [0.5, 0.6) is 0 Å². The monoisotopic (exact) mass is 128 g/mol. The van der Waals surface area contributed by atoms with Crippen LogP contribution in [-0.2, 0) is 4.74 Å². The van der Waals surface area contributed by atoms with E-state index in [0.29, 0.717) is 11.8 Å². The molecule has 1 saturated heterocycles.